The van der Waals surface area contributed by atoms with Crippen LogP contribution in [-0.4, -0.2) is 54.5 Å². The molecule has 0 aliphatic carbocycles. The van der Waals surface area contributed by atoms with Gasteiger partial charge in [-0.3, -0.25) is 0 Å². The highest BCUT2D eigenvalue weighted by molar-refractivity contribution is 5.69. The summed E-state index contributed by atoms with van der Waals surface area (Å²) in [4.78, 5) is 14.1. The van der Waals surface area contributed by atoms with E-state index >= 15 is 0 Å². The average molecular weight is 300 g/mol. The van der Waals surface area contributed by atoms with Gasteiger partial charge in [0.1, 0.15) is 5.60 Å². The third-order valence-corrected chi connectivity index (χ3v) is 3.35. The van der Waals surface area contributed by atoms with Gasteiger partial charge >= 0.3 is 6.09 Å². The first-order chi connectivity index (χ1) is 9.59. The van der Waals surface area contributed by atoms with Crippen molar-refractivity contribution in [2.45, 2.75) is 71.6 Å². The number of ether oxygens (including phenoxy) is 2. The number of nitrogens with one attached hydrogen (secondary N) is 1. The van der Waals surface area contributed by atoms with Gasteiger partial charge in [0.2, 0.25) is 0 Å². The minimum absolute atomic E-state index is 0.253. The minimum Gasteiger partial charge on any atom is -0.444 e. The van der Waals surface area contributed by atoms with E-state index < -0.39 is 5.60 Å². The van der Waals surface area contributed by atoms with Crippen LogP contribution in [0, 0.1) is 0 Å². The average Bonchev–Trinajstić information content (AvgIpc) is 2.32. The number of amides is 1. The van der Waals surface area contributed by atoms with Crippen molar-refractivity contribution in [3.8, 4) is 0 Å². The van der Waals surface area contributed by atoms with Crippen LogP contribution in [0.4, 0.5) is 4.79 Å². The molecule has 0 aromatic rings. The van der Waals surface area contributed by atoms with Gasteiger partial charge in [-0.25, -0.2) is 4.79 Å². The molecule has 1 rings (SSSR count). The second-order valence-corrected chi connectivity index (χ2v) is 7.67. The van der Waals surface area contributed by atoms with E-state index in [1.165, 1.54) is 0 Å². The summed E-state index contributed by atoms with van der Waals surface area (Å²) in [5.74, 6) is 0. The third kappa shape index (κ3) is 7.14. The molecule has 1 atom stereocenters. The predicted molar refractivity (Wildman–Crippen MR) is 84.5 cm³/mol. The molecule has 1 fully saturated rings. The largest absolute Gasteiger partial charge is 0.444 e. The van der Waals surface area contributed by atoms with Gasteiger partial charge in [0, 0.05) is 31.3 Å². The van der Waals surface area contributed by atoms with Crippen molar-refractivity contribution >= 4 is 6.09 Å². The molecule has 1 aliphatic rings. The van der Waals surface area contributed by atoms with E-state index in [9.17, 15) is 4.79 Å². The van der Waals surface area contributed by atoms with Crippen LogP contribution in [0.1, 0.15) is 54.4 Å². The predicted octanol–water partition coefficient (Wildman–Crippen LogP) is 2.79. The lowest BCUT2D eigenvalue weighted by Gasteiger charge is -2.37. The second-order valence-electron chi connectivity index (χ2n) is 7.67. The van der Waals surface area contributed by atoms with Crippen molar-refractivity contribution in [3.05, 3.63) is 0 Å². The molecule has 0 spiro atoms. The maximum atomic E-state index is 12.3. The number of nitrogens with zero attached hydrogens (tertiary/aromatic N) is 1. The zero-order valence-electron chi connectivity index (χ0n) is 14.5. The molecule has 1 saturated heterocycles. The van der Waals surface area contributed by atoms with Crippen LogP contribution < -0.4 is 5.32 Å². The smallest absolute Gasteiger partial charge is 0.410 e. The lowest BCUT2D eigenvalue weighted by Crippen LogP contribution is -2.51. The van der Waals surface area contributed by atoms with Crippen molar-refractivity contribution in [2.24, 2.45) is 0 Å². The molecule has 21 heavy (non-hydrogen) atoms. The Labute approximate surface area is 129 Å². The van der Waals surface area contributed by atoms with Crippen LogP contribution in [0.5, 0.6) is 0 Å². The van der Waals surface area contributed by atoms with E-state index in [0.29, 0.717) is 12.6 Å². The van der Waals surface area contributed by atoms with Crippen molar-refractivity contribution in [2.75, 3.05) is 26.3 Å². The first kappa shape index (κ1) is 18.2. The Morgan fingerprint density at radius 2 is 1.95 bits per heavy atom. The molecule has 5 heteroatoms. The summed E-state index contributed by atoms with van der Waals surface area (Å²) in [5, 5.41) is 3.47. The van der Waals surface area contributed by atoms with Gasteiger partial charge in [-0.15, -0.1) is 0 Å². The van der Waals surface area contributed by atoms with Crippen molar-refractivity contribution in [1.29, 1.82) is 0 Å². The lowest BCUT2D eigenvalue weighted by molar-refractivity contribution is 0.00574. The fraction of sp³-hybridized carbons (Fsp3) is 0.938. The fourth-order valence-electron chi connectivity index (χ4n) is 2.30. The molecule has 1 aliphatic heterocycles. The summed E-state index contributed by atoms with van der Waals surface area (Å²) in [6.07, 6.45) is 1.99. The quantitative estimate of drug-likeness (QED) is 0.867. The number of carbonyl (C=O) groups excluding carboxylic acids is 1. The topological polar surface area (TPSA) is 50.8 Å². The highest BCUT2D eigenvalue weighted by atomic mass is 16.6. The molecular weight excluding hydrogens is 268 g/mol. The zero-order chi connectivity index (χ0) is 16.1. The van der Waals surface area contributed by atoms with Crippen molar-refractivity contribution < 1.29 is 14.3 Å². The molecule has 0 saturated carbocycles. The van der Waals surface area contributed by atoms with Gasteiger partial charge in [0.15, 0.2) is 0 Å². The zero-order valence-corrected chi connectivity index (χ0v) is 14.5. The molecule has 1 N–H and O–H groups in total. The summed E-state index contributed by atoms with van der Waals surface area (Å²) in [6.45, 7) is 14.8. The molecule has 1 unspecified atom stereocenters. The van der Waals surface area contributed by atoms with Gasteiger partial charge in [0.25, 0.3) is 0 Å². The van der Waals surface area contributed by atoms with Crippen LogP contribution in [0.3, 0.4) is 0 Å². The Kier molecular flexibility index (Phi) is 6.47. The van der Waals surface area contributed by atoms with Crippen molar-refractivity contribution in [1.82, 2.24) is 10.2 Å². The fourth-order valence-corrected chi connectivity index (χ4v) is 2.30. The monoisotopic (exact) mass is 300 g/mol. The van der Waals surface area contributed by atoms with E-state index in [0.717, 1.165) is 32.6 Å². The van der Waals surface area contributed by atoms with Crippen LogP contribution in [0.15, 0.2) is 0 Å². The van der Waals surface area contributed by atoms with E-state index in [1.54, 1.807) is 4.90 Å². The van der Waals surface area contributed by atoms with E-state index in [2.05, 4.69) is 5.32 Å². The molecule has 1 heterocycles. The van der Waals surface area contributed by atoms with Gasteiger partial charge in [-0.1, -0.05) is 0 Å². The number of hydrogen-bond acceptors (Lipinski definition) is 4. The van der Waals surface area contributed by atoms with Crippen LogP contribution >= 0.6 is 0 Å². The minimum atomic E-state index is -0.467. The highest BCUT2D eigenvalue weighted by Gasteiger charge is 2.30. The molecule has 1 amide bonds. The number of hydrogen-bond donors (Lipinski definition) is 1. The van der Waals surface area contributed by atoms with E-state index in [4.69, 9.17) is 9.47 Å². The standard InChI is InChI=1S/C16H32N2O3/c1-15(2,3)18(14(19)21-16(4,5)6)10-9-17-13-8-7-11-20-12-13/h13,17H,7-12H2,1-6H3. The summed E-state index contributed by atoms with van der Waals surface area (Å²) in [6, 6.07) is 0.402. The SMILES string of the molecule is CC(C)(C)OC(=O)N(CCNC1CCCOC1)C(C)(C)C. The number of carbonyl (C=O) groups is 1. The van der Waals surface area contributed by atoms with Crippen LogP contribution in [0.25, 0.3) is 0 Å². The maximum Gasteiger partial charge on any atom is 0.410 e. The third-order valence-electron chi connectivity index (χ3n) is 3.35. The van der Waals surface area contributed by atoms with Gasteiger partial charge in [-0.05, 0) is 54.4 Å². The summed E-state index contributed by atoms with van der Waals surface area (Å²) < 4.78 is 11.0. The normalized spacial score (nSPS) is 20.2. The Bertz CT molecular complexity index is 325. The Morgan fingerprint density at radius 3 is 2.43 bits per heavy atom. The van der Waals surface area contributed by atoms with Crippen LogP contribution in [-0.2, 0) is 9.47 Å². The molecule has 0 bridgehead atoms. The first-order valence-corrected chi connectivity index (χ1v) is 7.91. The van der Waals surface area contributed by atoms with Crippen molar-refractivity contribution in [3.63, 3.8) is 0 Å². The number of rotatable bonds is 4. The van der Waals surface area contributed by atoms with Gasteiger partial charge in [0.05, 0.1) is 6.61 Å². The lowest BCUT2D eigenvalue weighted by atomic mass is 10.1. The molecule has 0 aromatic heterocycles. The summed E-state index contributed by atoms with van der Waals surface area (Å²) in [5.41, 5.74) is -0.724. The molecule has 5 nitrogen and oxygen atoms in total. The van der Waals surface area contributed by atoms with E-state index in [-0.39, 0.29) is 11.6 Å². The molecular formula is C16H32N2O3. The summed E-state index contributed by atoms with van der Waals surface area (Å²) >= 11 is 0. The Hall–Kier alpha value is -0.810. The maximum absolute atomic E-state index is 12.3. The highest BCUT2D eigenvalue weighted by Crippen LogP contribution is 2.18. The summed E-state index contributed by atoms with van der Waals surface area (Å²) in [7, 11) is 0. The van der Waals surface area contributed by atoms with E-state index in [1.807, 2.05) is 41.5 Å². The molecule has 124 valence electrons. The molecule has 0 radical (unpaired) electrons. The Balaban J connectivity index is 2.48. The van der Waals surface area contributed by atoms with Crippen LogP contribution in [0.2, 0.25) is 0 Å². The Morgan fingerprint density at radius 1 is 1.29 bits per heavy atom. The second kappa shape index (κ2) is 7.45. The van der Waals surface area contributed by atoms with Gasteiger partial charge < -0.3 is 19.7 Å². The molecule has 0 aromatic carbocycles. The first-order valence-electron chi connectivity index (χ1n) is 7.91. The van der Waals surface area contributed by atoms with Gasteiger partial charge in [-0.2, -0.15) is 0 Å².